The van der Waals surface area contributed by atoms with Gasteiger partial charge in [0.2, 0.25) is 5.60 Å². The van der Waals surface area contributed by atoms with E-state index in [1.807, 2.05) is 53.8 Å². The first kappa shape index (κ1) is 20.8. The first-order chi connectivity index (χ1) is 12.0. The fraction of sp³-hybridized carbons (Fsp3) is 0.333. The third kappa shape index (κ3) is 4.09. The molecule has 0 amide bonds. The summed E-state index contributed by atoms with van der Waals surface area (Å²) in [5.74, 6) is 0.521. The van der Waals surface area contributed by atoms with Crippen molar-refractivity contribution in [3.05, 3.63) is 63.0 Å². The molecule has 0 aliphatic heterocycles. The molecule has 0 atom stereocenters. The lowest BCUT2D eigenvalue weighted by Crippen LogP contribution is -3.00. The van der Waals surface area contributed by atoms with Crippen molar-refractivity contribution in [1.29, 1.82) is 0 Å². The summed E-state index contributed by atoms with van der Waals surface area (Å²) < 4.78 is 9.58. The monoisotopic (exact) mass is 456 g/mol. The number of rotatable bonds is 7. The maximum atomic E-state index is 12.7. The molecular formula is C18H21BrN2O3S2. The Balaban J connectivity index is 0.00000243. The number of aliphatic hydroxyl groups is 1. The molecule has 0 saturated carbocycles. The van der Waals surface area contributed by atoms with Crippen molar-refractivity contribution < 1.29 is 36.2 Å². The number of aryl methyl sites for hydroxylation is 2. The van der Waals surface area contributed by atoms with E-state index in [9.17, 15) is 9.90 Å². The number of ether oxygens (including phenoxy) is 1. The van der Waals surface area contributed by atoms with Gasteiger partial charge < -0.3 is 26.8 Å². The summed E-state index contributed by atoms with van der Waals surface area (Å²) in [5.41, 5.74) is -1.72. The zero-order chi connectivity index (χ0) is 17.9. The lowest BCUT2D eigenvalue weighted by molar-refractivity contribution is -0.677. The Kier molecular flexibility index (Phi) is 7.16. The third-order valence-electron chi connectivity index (χ3n) is 4.22. The molecule has 8 heteroatoms. The summed E-state index contributed by atoms with van der Waals surface area (Å²) in [6, 6.07) is 7.16. The number of halogens is 1. The zero-order valence-corrected chi connectivity index (χ0v) is 17.8. The summed E-state index contributed by atoms with van der Waals surface area (Å²) in [7, 11) is 1.99. The fourth-order valence-electron chi connectivity index (χ4n) is 2.63. The number of aromatic nitrogens is 2. The molecule has 26 heavy (non-hydrogen) atoms. The van der Waals surface area contributed by atoms with E-state index in [0.717, 1.165) is 12.4 Å². The van der Waals surface area contributed by atoms with Gasteiger partial charge in [-0.1, -0.05) is 12.1 Å². The third-order valence-corrected chi connectivity index (χ3v) is 6.18. The lowest BCUT2D eigenvalue weighted by atomic mass is 10.0. The Bertz CT molecular complexity index is 795. The van der Waals surface area contributed by atoms with E-state index in [1.165, 1.54) is 22.7 Å². The molecule has 0 radical (unpaired) electrons. The van der Waals surface area contributed by atoms with Gasteiger partial charge in [-0.15, -0.1) is 22.7 Å². The average molecular weight is 457 g/mol. The topological polar surface area (TPSA) is 55.3 Å². The van der Waals surface area contributed by atoms with Crippen molar-refractivity contribution in [1.82, 2.24) is 4.57 Å². The van der Waals surface area contributed by atoms with Crippen LogP contribution in [0.4, 0.5) is 0 Å². The number of hydrogen-bond acceptors (Lipinski definition) is 5. The number of esters is 1. The highest BCUT2D eigenvalue weighted by Crippen LogP contribution is 2.36. The number of nitrogens with zero attached hydrogens (tertiary/aromatic N) is 2. The van der Waals surface area contributed by atoms with Gasteiger partial charge in [0.15, 0.2) is 0 Å². The molecule has 3 aromatic heterocycles. The Morgan fingerprint density at radius 3 is 2.35 bits per heavy atom. The molecule has 0 saturated heterocycles. The van der Waals surface area contributed by atoms with E-state index in [-0.39, 0.29) is 23.6 Å². The molecule has 0 aromatic carbocycles. The van der Waals surface area contributed by atoms with Crippen molar-refractivity contribution in [3.8, 4) is 0 Å². The van der Waals surface area contributed by atoms with Crippen LogP contribution in [0, 0.1) is 6.92 Å². The number of imidazole rings is 1. The molecule has 0 unspecified atom stereocenters. The van der Waals surface area contributed by atoms with Crippen LogP contribution in [0.15, 0.2) is 47.4 Å². The number of carbonyl (C=O) groups is 1. The van der Waals surface area contributed by atoms with Crippen molar-refractivity contribution in [2.75, 3.05) is 6.61 Å². The number of carbonyl (C=O) groups excluding carboxylic acids is 1. The van der Waals surface area contributed by atoms with Crippen molar-refractivity contribution in [2.24, 2.45) is 7.05 Å². The standard InChI is InChI=1S/C18H21N2O3S2.BrH/c1-14-19(2)9-10-20(14)8-5-11-23-17(21)18(22,15-6-3-12-24-15)16-7-4-13-25-16;/h3-4,6-7,9-10,12-13,22H,5,8,11H2,1-2H3;1H/q+1;/p-1. The summed E-state index contributed by atoms with van der Waals surface area (Å²) in [6.45, 7) is 3.06. The van der Waals surface area contributed by atoms with Gasteiger partial charge >= 0.3 is 5.97 Å². The second-order valence-corrected chi connectivity index (χ2v) is 7.70. The Hall–Kier alpha value is -1.48. The molecule has 0 spiro atoms. The van der Waals surface area contributed by atoms with Gasteiger partial charge in [-0.2, -0.15) is 0 Å². The summed E-state index contributed by atoms with van der Waals surface area (Å²) in [4.78, 5) is 13.8. The van der Waals surface area contributed by atoms with Gasteiger partial charge in [-0.25, -0.2) is 13.9 Å². The van der Waals surface area contributed by atoms with E-state index < -0.39 is 11.6 Å². The minimum absolute atomic E-state index is 0. The quantitative estimate of drug-likeness (QED) is 0.299. The van der Waals surface area contributed by atoms with E-state index in [4.69, 9.17) is 4.74 Å². The van der Waals surface area contributed by atoms with Crippen LogP contribution >= 0.6 is 22.7 Å². The van der Waals surface area contributed by atoms with Gasteiger partial charge in [0.1, 0.15) is 12.4 Å². The second kappa shape index (κ2) is 8.94. The average Bonchev–Trinajstić information content (AvgIpc) is 3.36. The molecule has 3 rings (SSSR count). The highest BCUT2D eigenvalue weighted by atomic mass is 79.9. The molecule has 0 fully saturated rings. The molecule has 3 heterocycles. The summed E-state index contributed by atoms with van der Waals surface area (Å²) in [5, 5.41) is 14.8. The molecule has 140 valence electrons. The Morgan fingerprint density at radius 1 is 1.27 bits per heavy atom. The van der Waals surface area contributed by atoms with Crippen LogP contribution in [0.2, 0.25) is 0 Å². The minimum atomic E-state index is -1.72. The van der Waals surface area contributed by atoms with E-state index in [0.29, 0.717) is 16.2 Å². The molecule has 0 aliphatic carbocycles. The number of hydrogen-bond donors (Lipinski definition) is 1. The normalized spacial score (nSPS) is 11.2. The molecular weight excluding hydrogens is 436 g/mol. The van der Waals surface area contributed by atoms with Crippen LogP contribution in [0.5, 0.6) is 0 Å². The summed E-state index contributed by atoms with van der Waals surface area (Å²) >= 11 is 2.69. The molecule has 0 bridgehead atoms. The predicted molar refractivity (Wildman–Crippen MR) is 97.6 cm³/mol. The summed E-state index contributed by atoms with van der Waals surface area (Å²) in [6.07, 6.45) is 4.69. The van der Waals surface area contributed by atoms with Gasteiger partial charge in [0.05, 0.1) is 30.0 Å². The van der Waals surface area contributed by atoms with Crippen molar-refractivity contribution in [2.45, 2.75) is 25.5 Å². The van der Waals surface area contributed by atoms with Crippen molar-refractivity contribution >= 4 is 28.6 Å². The molecule has 3 aromatic rings. The second-order valence-electron chi connectivity index (χ2n) is 5.80. The first-order valence-corrected chi connectivity index (χ1v) is 9.78. The Morgan fingerprint density at radius 2 is 1.88 bits per heavy atom. The maximum absolute atomic E-state index is 12.7. The van der Waals surface area contributed by atoms with Crippen LogP contribution in [0.3, 0.4) is 0 Å². The van der Waals surface area contributed by atoms with Crippen LogP contribution in [-0.4, -0.2) is 22.2 Å². The number of thiophene rings is 2. The van der Waals surface area contributed by atoms with Gasteiger partial charge in [0, 0.05) is 13.3 Å². The highest BCUT2D eigenvalue weighted by Gasteiger charge is 2.43. The maximum Gasteiger partial charge on any atom is 0.349 e. The molecule has 1 N–H and O–H groups in total. The van der Waals surface area contributed by atoms with Gasteiger partial charge in [-0.05, 0) is 22.9 Å². The van der Waals surface area contributed by atoms with E-state index in [1.54, 1.807) is 12.1 Å². The van der Waals surface area contributed by atoms with Gasteiger partial charge in [0.25, 0.3) is 5.82 Å². The zero-order valence-electron chi connectivity index (χ0n) is 14.6. The van der Waals surface area contributed by atoms with Crippen LogP contribution in [-0.2, 0) is 28.7 Å². The Labute approximate surface area is 171 Å². The molecule has 0 aliphatic rings. The molecule has 5 nitrogen and oxygen atoms in total. The van der Waals surface area contributed by atoms with Crippen LogP contribution in [0.25, 0.3) is 0 Å². The van der Waals surface area contributed by atoms with Gasteiger partial charge in [-0.3, -0.25) is 0 Å². The first-order valence-electron chi connectivity index (χ1n) is 8.02. The van der Waals surface area contributed by atoms with E-state index >= 15 is 0 Å². The van der Waals surface area contributed by atoms with Crippen LogP contribution in [0.1, 0.15) is 22.0 Å². The SMILES string of the molecule is Cc1n(CCCOC(=O)C(O)(c2cccs2)c2cccs2)cc[n+]1C.[Br-]. The van der Waals surface area contributed by atoms with Crippen LogP contribution < -0.4 is 21.5 Å². The van der Waals surface area contributed by atoms with E-state index in [2.05, 4.69) is 4.57 Å². The highest BCUT2D eigenvalue weighted by molar-refractivity contribution is 7.12. The smallest absolute Gasteiger partial charge is 0.349 e. The largest absolute Gasteiger partial charge is 1.00 e. The van der Waals surface area contributed by atoms with Crippen molar-refractivity contribution in [3.63, 3.8) is 0 Å². The fourth-order valence-corrected chi connectivity index (χ4v) is 4.34. The minimum Gasteiger partial charge on any atom is -1.00 e. The lowest BCUT2D eigenvalue weighted by Gasteiger charge is -2.23. The predicted octanol–water partition coefficient (Wildman–Crippen LogP) is -0.383.